The first-order chi connectivity index (χ1) is 9.22. The number of hydrogen-bond acceptors (Lipinski definition) is 2. The Morgan fingerprint density at radius 3 is 2.53 bits per heavy atom. The zero-order chi connectivity index (χ0) is 13.7. The Labute approximate surface area is 118 Å². The Bertz CT molecular complexity index is 361. The van der Waals surface area contributed by atoms with Crippen LogP contribution in [0, 0.1) is 0 Å². The van der Waals surface area contributed by atoms with Gasteiger partial charge in [-0.3, -0.25) is 0 Å². The van der Waals surface area contributed by atoms with Crippen LogP contribution in [-0.4, -0.2) is 37.6 Å². The lowest BCUT2D eigenvalue weighted by Crippen LogP contribution is -2.50. The van der Waals surface area contributed by atoms with Gasteiger partial charge in [0, 0.05) is 12.1 Å². The molecule has 0 heterocycles. The van der Waals surface area contributed by atoms with Crippen molar-refractivity contribution >= 4 is 0 Å². The molecule has 0 aliphatic heterocycles. The summed E-state index contributed by atoms with van der Waals surface area (Å²) in [4.78, 5) is 2.41. The van der Waals surface area contributed by atoms with Gasteiger partial charge in [0.05, 0.1) is 0 Å². The standard InChI is InChI=1S/C17H28N2/c1-4-12-18-16-11-10-15(13-17(16)19(2)3)14-8-6-5-7-9-14/h5-9,15-18H,4,10-13H2,1-3H3. The van der Waals surface area contributed by atoms with Gasteiger partial charge in [0.1, 0.15) is 0 Å². The number of likely N-dealkylation sites (N-methyl/N-ethyl adjacent to an activating group) is 1. The molecule has 1 aromatic carbocycles. The third-order valence-electron chi connectivity index (χ3n) is 4.41. The van der Waals surface area contributed by atoms with Gasteiger partial charge in [-0.2, -0.15) is 0 Å². The van der Waals surface area contributed by atoms with Crippen LogP contribution in [0.15, 0.2) is 30.3 Å². The molecule has 1 N–H and O–H groups in total. The molecule has 2 rings (SSSR count). The van der Waals surface area contributed by atoms with E-state index in [-0.39, 0.29) is 0 Å². The highest BCUT2D eigenvalue weighted by Gasteiger charge is 2.31. The van der Waals surface area contributed by atoms with Gasteiger partial charge in [0.15, 0.2) is 0 Å². The second-order valence-corrected chi connectivity index (χ2v) is 6.01. The molecule has 1 aliphatic carbocycles. The maximum Gasteiger partial charge on any atom is 0.0249 e. The molecule has 0 aromatic heterocycles. The third kappa shape index (κ3) is 3.80. The fourth-order valence-corrected chi connectivity index (χ4v) is 3.31. The lowest BCUT2D eigenvalue weighted by atomic mass is 9.78. The lowest BCUT2D eigenvalue weighted by Gasteiger charge is -2.40. The van der Waals surface area contributed by atoms with E-state index in [2.05, 4.69) is 61.6 Å². The Balaban J connectivity index is 2.02. The van der Waals surface area contributed by atoms with Gasteiger partial charge in [0.25, 0.3) is 0 Å². The van der Waals surface area contributed by atoms with Crippen molar-refractivity contribution in [3.8, 4) is 0 Å². The van der Waals surface area contributed by atoms with Crippen molar-refractivity contribution in [1.82, 2.24) is 10.2 Å². The van der Waals surface area contributed by atoms with E-state index < -0.39 is 0 Å². The van der Waals surface area contributed by atoms with Crippen LogP contribution < -0.4 is 5.32 Å². The summed E-state index contributed by atoms with van der Waals surface area (Å²) in [5, 5.41) is 3.73. The Hall–Kier alpha value is -0.860. The molecule has 0 radical (unpaired) electrons. The molecule has 2 heteroatoms. The predicted octanol–water partition coefficient (Wildman–Crippen LogP) is 3.25. The van der Waals surface area contributed by atoms with Crippen molar-refractivity contribution in [3.63, 3.8) is 0 Å². The lowest BCUT2D eigenvalue weighted by molar-refractivity contribution is 0.164. The molecule has 3 unspecified atom stereocenters. The third-order valence-corrected chi connectivity index (χ3v) is 4.41. The molecule has 106 valence electrons. The molecule has 3 atom stereocenters. The van der Waals surface area contributed by atoms with Crippen molar-refractivity contribution in [2.75, 3.05) is 20.6 Å². The monoisotopic (exact) mass is 260 g/mol. The summed E-state index contributed by atoms with van der Waals surface area (Å²) in [6, 6.07) is 12.3. The number of benzene rings is 1. The van der Waals surface area contributed by atoms with Gasteiger partial charge in [0.2, 0.25) is 0 Å². The zero-order valence-corrected chi connectivity index (χ0v) is 12.6. The van der Waals surface area contributed by atoms with Crippen molar-refractivity contribution in [2.45, 2.75) is 50.6 Å². The van der Waals surface area contributed by atoms with Crippen LogP contribution in [-0.2, 0) is 0 Å². The highest BCUT2D eigenvalue weighted by Crippen LogP contribution is 2.34. The van der Waals surface area contributed by atoms with Crippen LogP contribution >= 0.6 is 0 Å². The van der Waals surface area contributed by atoms with Gasteiger partial charge >= 0.3 is 0 Å². The van der Waals surface area contributed by atoms with E-state index in [1.807, 2.05) is 0 Å². The molecule has 0 spiro atoms. The van der Waals surface area contributed by atoms with Crippen LogP contribution in [0.25, 0.3) is 0 Å². The molecule has 1 saturated carbocycles. The minimum absolute atomic E-state index is 0.658. The van der Waals surface area contributed by atoms with Crippen LogP contribution in [0.5, 0.6) is 0 Å². The second-order valence-electron chi connectivity index (χ2n) is 6.01. The summed E-state index contributed by atoms with van der Waals surface area (Å²) >= 11 is 0. The summed E-state index contributed by atoms with van der Waals surface area (Å²) < 4.78 is 0. The molecule has 1 fully saturated rings. The number of rotatable bonds is 5. The van der Waals surface area contributed by atoms with E-state index in [9.17, 15) is 0 Å². The molecule has 0 bridgehead atoms. The van der Waals surface area contributed by atoms with Crippen molar-refractivity contribution < 1.29 is 0 Å². The van der Waals surface area contributed by atoms with Gasteiger partial charge in [-0.05, 0) is 57.8 Å². The summed E-state index contributed by atoms with van der Waals surface area (Å²) in [6.07, 6.45) is 5.11. The van der Waals surface area contributed by atoms with Gasteiger partial charge < -0.3 is 10.2 Å². The Morgan fingerprint density at radius 2 is 1.89 bits per heavy atom. The molecule has 2 nitrogen and oxygen atoms in total. The molecule has 0 amide bonds. The molecular formula is C17H28N2. The normalized spacial score (nSPS) is 27.7. The van der Waals surface area contributed by atoms with Gasteiger partial charge in [-0.1, -0.05) is 37.3 Å². The van der Waals surface area contributed by atoms with Crippen LogP contribution in [0.2, 0.25) is 0 Å². The molecule has 1 aliphatic rings. The van der Waals surface area contributed by atoms with Crippen LogP contribution in [0.1, 0.15) is 44.1 Å². The Morgan fingerprint density at radius 1 is 1.16 bits per heavy atom. The summed E-state index contributed by atoms with van der Waals surface area (Å²) in [6.45, 7) is 3.39. The highest BCUT2D eigenvalue weighted by atomic mass is 15.1. The first-order valence-electron chi connectivity index (χ1n) is 7.67. The van der Waals surface area contributed by atoms with E-state index in [4.69, 9.17) is 0 Å². The largest absolute Gasteiger partial charge is 0.312 e. The molecule has 1 aromatic rings. The van der Waals surface area contributed by atoms with Gasteiger partial charge in [-0.15, -0.1) is 0 Å². The average Bonchev–Trinajstić information content (AvgIpc) is 2.45. The van der Waals surface area contributed by atoms with E-state index in [1.54, 1.807) is 0 Å². The summed E-state index contributed by atoms with van der Waals surface area (Å²) in [5.41, 5.74) is 1.52. The Kier molecular flexibility index (Phi) is 5.41. The van der Waals surface area contributed by atoms with E-state index in [1.165, 1.54) is 31.2 Å². The van der Waals surface area contributed by atoms with E-state index >= 15 is 0 Å². The van der Waals surface area contributed by atoms with Gasteiger partial charge in [-0.25, -0.2) is 0 Å². The molecule has 19 heavy (non-hydrogen) atoms. The quantitative estimate of drug-likeness (QED) is 0.874. The summed E-state index contributed by atoms with van der Waals surface area (Å²) in [7, 11) is 4.44. The second kappa shape index (κ2) is 7.06. The van der Waals surface area contributed by atoms with Crippen LogP contribution in [0.4, 0.5) is 0 Å². The van der Waals surface area contributed by atoms with Crippen molar-refractivity contribution in [2.24, 2.45) is 0 Å². The minimum atomic E-state index is 0.658. The SMILES string of the molecule is CCCNC1CCC(c2ccccc2)CC1N(C)C. The maximum absolute atomic E-state index is 3.73. The van der Waals surface area contributed by atoms with Crippen molar-refractivity contribution in [1.29, 1.82) is 0 Å². The van der Waals surface area contributed by atoms with E-state index in [0.29, 0.717) is 12.1 Å². The average molecular weight is 260 g/mol. The fraction of sp³-hybridized carbons (Fsp3) is 0.647. The predicted molar refractivity (Wildman–Crippen MR) is 82.6 cm³/mol. The fourth-order valence-electron chi connectivity index (χ4n) is 3.31. The minimum Gasteiger partial charge on any atom is -0.312 e. The number of nitrogens with one attached hydrogen (secondary N) is 1. The number of nitrogens with zero attached hydrogens (tertiary/aromatic N) is 1. The van der Waals surface area contributed by atoms with Crippen molar-refractivity contribution in [3.05, 3.63) is 35.9 Å². The number of hydrogen-bond donors (Lipinski definition) is 1. The smallest absolute Gasteiger partial charge is 0.0249 e. The molecule has 0 saturated heterocycles. The first-order valence-corrected chi connectivity index (χ1v) is 7.67. The zero-order valence-electron chi connectivity index (χ0n) is 12.6. The first kappa shape index (κ1) is 14.5. The maximum atomic E-state index is 3.73. The van der Waals surface area contributed by atoms with Crippen LogP contribution in [0.3, 0.4) is 0 Å². The summed E-state index contributed by atoms with van der Waals surface area (Å²) in [5.74, 6) is 0.730. The highest BCUT2D eigenvalue weighted by molar-refractivity contribution is 5.21. The van der Waals surface area contributed by atoms with E-state index in [0.717, 1.165) is 12.5 Å². The topological polar surface area (TPSA) is 15.3 Å². The molecular weight excluding hydrogens is 232 g/mol.